The summed E-state index contributed by atoms with van der Waals surface area (Å²) in [7, 11) is 1.96. The molecule has 0 amide bonds. The molecule has 3 aromatic rings. The molecule has 1 unspecified atom stereocenters. The Morgan fingerprint density at radius 3 is 2.20 bits per heavy atom. The Morgan fingerprint density at radius 2 is 1.60 bits per heavy atom. The van der Waals surface area contributed by atoms with Crippen molar-refractivity contribution in [3.05, 3.63) is 101 Å². The largest absolute Gasteiger partial charge is 0.573 e. The third-order valence-electron chi connectivity index (χ3n) is 6.85. The van der Waals surface area contributed by atoms with Crippen LogP contribution in [0.2, 0.25) is 0 Å². The van der Waals surface area contributed by atoms with Crippen molar-refractivity contribution in [2.24, 2.45) is 5.41 Å². The van der Waals surface area contributed by atoms with Gasteiger partial charge in [0.2, 0.25) is 0 Å². The van der Waals surface area contributed by atoms with Crippen molar-refractivity contribution in [3.8, 4) is 5.75 Å². The first kappa shape index (κ1) is 25.2. The monoisotopic (exact) mass is 485 g/mol. The molecule has 4 rings (SSSR count). The normalized spacial score (nSPS) is 18.4. The summed E-state index contributed by atoms with van der Waals surface area (Å²) in [6.45, 7) is 3.24. The lowest BCUT2D eigenvalue weighted by Crippen LogP contribution is -2.63. The van der Waals surface area contributed by atoms with Gasteiger partial charge in [-0.3, -0.25) is 0 Å². The molecular weight excluding hydrogens is 455 g/mol. The molecule has 4 nitrogen and oxygen atoms in total. The van der Waals surface area contributed by atoms with Crippen LogP contribution in [0.5, 0.6) is 5.75 Å². The molecular formula is C28H30F3NO3. The van der Waals surface area contributed by atoms with E-state index >= 15 is 0 Å². The van der Waals surface area contributed by atoms with Crippen molar-refractivity contribution >= 4 is 0 Å². The predicted molar refractivity (Wildman–Crippen MR) is 128 cm³/mol. The van der Waals surface area contributed by atoms with Crippen LogP contribution in [-0.2, 0) is 12.0 Å². The van der Waals surface area contributed by atoms with Crippen LogP contribution in [0.4, 0.5) is 13.2 Å². The molecule has 1 aliphatic rings. The molecule has 0 aromatic heterocycles. The predicted octanol–water partition coefficient (Wildman–Crippen LogP) is 5.44. The quantitative estimate of drug-likeness (QED) is 0.446. The van der Waals surface area contributed by atoms with Crippen LogP contribution in [0.25, 0.3) is 0 Å². The molecule has 1 saturated heterocycles. The summed E-state index contributed by atoms with van der Waals surface area (Å²) in [6, 6.07) is 22.5. The van der Waals surface area contributed by atoms with Gasteiger partial charge in [0.15, 0.2) is 0 Å². The van der Waals surface area contributed by atoms with Crippen molar-refractivity contribution < 1.29 is 28.1 Å². The van der Waals surface area contributed by atoms with Gasteiger partial charge in [-0.15, -0.1) is 13.2 Å². The number of rotatable bonds is 8. The zero-order valence-corrected chi connectivity index (χ0v) is 19.8. The number of aryl methyl sites for hydroxylation is 1. The van der Waals surface area contributed by atoms with E-state index in [1.54, 1.807) is 0 Å². The molecule has 1 aliphatic heterocycles. The van der Waals surface area contributed by atoms with Crippen molar-refractivity contribution in [1.82, 2.24) is 4.90 Å². The molecule has 2 N–H and O–H groups in total. The highest BCUT2D eigenvalue weighted by Gasteiger charge is 2.55. The maximum atomic E-state index is 12.6. The number of aliphatic hydroxyl groups excluding tert-OH is 1. The summed E-state index contributed by atoms with van der Waals surface area (Å²) >= 11 is 0. The van der Waals surface area contributed by atoms with Crippen LogP contribution in [0.3, 0.4) is 0 Å². The summed E-state index contributed by atoms with van der Waals surface area (Å²) in [4.78, 5) is 2.09. The second kappa shape index (κ2) is 9.64. The summed E-state index contributed by atoms with van der Waals surface area (Å²) in [5.41, 5.74) is 1.02. The van der Waals surface area contributed by atoms with E-state index in [0.29, 0.717) is 37.1 Å². The van der Waals surface area contributed by atoms with Gasteiger partial charge in [-0.25, -0.2) is 0 Å². The maximum Gasteiger partial charge on any atom is 0.573 e. The molecule has 186 valence electrons. The first-order chi connectivity index (χ1) is 16.5. The SMILES string of the molecule is CN1CC(C)(C(O)(c2ccc(OC(F)(F)F)cc2)c2cccc(CC[C@@H](O)c3ccccc3)c2)C1. The molecule has 0 spiro atoms. The van der Waals surface area contributed by atoms with E-state index in [-0.39, 0.29) is 5.75 Å². The average Bonchev–Trinajstić information content (AvgIpc) is 2.81. The van der Waals surface area contributed by atoms with E-state index in [0.717, 1.165) is 11.1 Å². The van der Waals surface area contributed by atoms with E-state index in [4.69, 9.17) is 0 Å². The van der Waals surface area contributed by atoms with Gasteiger partial charge in [0.25, 0.3) is 0 Å². The lowest BCUT2D eigenvalue weighted by molar-refractivity contribution is -0.274. The minimum Gasteiger partial charge on any atom is -0.406 e. The molecule has 1 fully saturated rings. The fourth-order valence-electron chi connectivity index (χ4n) is 5.23. The number of halogens is 3. The highest BCUT2D eigenvalue weighted by molar-refractivity contribution is 5.43. The molecule has 35 heavy (non-hydrogen) atoms. The van der Waals surface area contributed by atoms with Crippen molar-refractivity contribution in [1.29, 1.82) is 0 Å². The Hall–Kier alpha value is -2.87. The molecule has 0 saturated carbocycles. The Labute approximate surface area is 203 Å². The second-order valence-corrected chi connectivity index (χ2v) is 9.68. The molecule has 1 heterocycles. The fraction of sp³-hybridized carbons (Fsp3) is 0.357. The Bertz CT molecular complexity index is 1130. The number of aliphatic hydroxyl groups is 2. The summed E-state index contributed by atoms with van der Waals surface area (Å²) in [5.74, 6) is -0.330. The minimum atomic E-state index is -4.78. The summed E-state index contributed by atoms with van der Waals surface area (Å²) in [6.07, 6.45) is -4.25. The minimum absolute atomic E-state index is 0.330. The van der Waals surface area contributed by atoms with Crippen LogP contribution in [0.15, 0.2) is 78.9 Å². The molecule has 7 heteroatoms. The van der Waals surface area contributed by atoms with E-state index in [2.05, 4.69) is 9.64 Å². The molecule has 2 atom stereocenters. The zero-order chi connectivity index (χ0) is 25.3. The third-order valence-corrected chi connectivity index (χ3v) is 6.85. The van der Waals surface area contributed by atoms with Gasteiger partial charge in [0, 0.05) is 18.5 Å². The number of likely N-dealkylation sites (tertiary alicyclic amines) is 1. The lowest BCUT2D eigenvalue weighted by atomic mass is 9.62. The van der Waals surface area contributed by atoms with E-state index in [1.165, 1.54) is 24.3 Å². The maximum absolute atomic E-state index is 12.6. The van der Waals surface area contributed by atoms with Gasteiger partial charge < -0.3 is 19.8 Å². The van der Waals surface area contributed by atoms with Crippen LogP contribution in [0.1, 0.15) is 41.7 Å². The number of benzene rings is 3. The molecule has 0 bridgehead atoms. The van der Waals surface area contributed by atoms with Gasteiger partial charge in [-0.1, -0.05) is 73.7 Å². The second-order valence-electron chi connectivity index (χ2n) is 9.68. The van der Waals surface area contributed by atoms with E-state index in [9.17, 15) is 23.4 Å². The Morgan fingerprint density at radius 1 is 0.943 bits per heavy atom. The number of hydrogen-bond acceptors (Lipinski definition) is 4. The van der Waals surface area contributed by atoms with Gasteiger partial charge >= 0.3 is 6.36 Å². The van der Waals surface area contributed by atoms with Crippen molar-refractivity contribution in [2.75, 3.05) is 20.1 Å². The van der Waals surface area contributed by atoms with Crippen LogP contribution in [0, 0.1) is 5.41 Å². The van der Waals surface area contributed by atoms with Crippen molar-refractivity contribution in [3.63, 3.8) is 0 Å². The third kappa shape index (κ3) is 5.37. The Balaban J connectivity index is 1.62. The Kier molecular flexibility index (Phi) is 6.95. The number of ether oxygens (including phenoxy) is 1. The number of hydrogen-bond donors (Lipinski definition) is 2. The van der Waals surface area contributed by atoms with Crippen LogP contribution < -0.4 is 4.74 Å². The van der Waals surface area contributed by atoms with Crippen molar-refractivity contribution in [2.45, 2.75) is 37.8 Å². The smallest absolute Gasteiger partial charge is 0.406 e. The summed E-state index contributed by atoms with van der Waals surface area (Å²) in [5, 5.41) is 22.8. The highest BCUT2D eigenvalue weighted by Crippen LogP contribution is 2.50. The standard InChI is InChI=1S/C28H30F3NO3/c1-26(18-32(2)19-26)27(34,22-12-14-24(15-13-22)35-28(29,30)31)23-10-6-7-20(17-23)11-16-25(33)21-8-4-3-5-9-21/h3-10,12-15,17,25,33-34H,11,16,18-19H2,1-2H3/t25-,27?/m1/s1. The van der Waals surface area contributed by atoms with E-state index < -0.39 is 23.5 Å². The fourth-order valence-corrected chi connectivity index (χ4v) is 5.23. The average molecular weight is 486 g/mol. The van der Waals surface area contributed by atoms with Gasteiger partial charge in [-0.05, 0) is 54.3 Å². The highest BCUT2D eigenvalue weighted by atomic mass is 19.4. The van der Waals surface area contributed by atoms with E-state index in [1.807, 2.05) is 68.6 Å². The molecule has 0 aliphatic carbocycles. The first-order valence-electron chi connectivity index (χ1n) is 11.6. The zero-order valence-electron chi connectivity index (χ0n) is 19.8. The number of nitrogens with zero attached hydrogens (tertiary/aromatic N) is 1. The van der Waals surface area contributed by atoms with Gasteiger partial charge in [-0.2, -0.15) is 0 Å². The van der Waals surface area contributed by atoms with Crippen LogP contribution in [-0.4, -0.2) is 41.6 Å². The molecule has 0 radical (unpaired) electrons. The first-order valence-corrected chi connectivity index (χ1v) is 11.6. The lowest BCUT2D eigenvalue weighted by Gasteiger charge is -2.56. The molecule has 3 aromatic carbocycles. The van der Waals surface area contributed by atoms with Gasteiger partial charge in [0.05, 0.1) is 6.10 Å². The topological polar surface area (TPSA) is 52.9 Å². The van der Waals surface area contributed by atoms with Crippen LogP contribution >= 0.6 is 0 Å². The number of alkyl halides is 3. The summed E-state index contributed by atoms with van der Waals surface area (Å²) < 4.78 is 41.9. The van der Waals surface area contributed by atoms with Gasteiger partial charge in [0.1, 0.15) is 11.4 Å².